The summed E-state index contributed by atoms with van der Waals surface area (Å²) in [6.45, 7) is 8.75. The molecule has 0 bridgehead atoms. The molecule has 0 atom stereocenters. The largest absolute Gasteiger partial charge is 0.0856 e. The zero-order valence-electron chi connectivity index (χ0n) is 10.4. The second-order valence-electron chi connectivity index (χ2n) is 4.36. The first-order valence-corrected chi connectivity index (χ1v) is 6.85. The van der Waals surface area contributed by atoms with Crippen LogP contribution < -0.4 is 0 Å². The molecule has 0 radical (unpaired) electrons. The molecule has 0 aliphatic carbocycles. The standard InChI is InChI=1S/C14H23I/c1-12(2)7-5-8-13(3)9-6-10-14(4)11-15/h7,9,11H,5-6,8,10H2,1-4H3. The molecule has 0 aliphatic heterocycles. The van der Waals surface area contributed by atoms with Gasteiger partial charge in [0, 0.05) is 0 Å². The smallest absolute Gasteiger partial charge is 0.0244 e. The predicted octanol–water partition coefficient (Wildman–Crippen LogP) is 5.80. The van der Waals surface area contributed by atoms with Crippen LogP contribution in [0.2, 0.25) is 0 Å². The van der Waals surface area contributed by atoms with Gasteiger partial charge in [-0.3, -0.25) is 0 Å². The Balaban J connectivity index is 3.75. The van der Waals surface area contributed by atoms with Gasteiger partial charge in [-0.15, -0.1) is 0 Å². The van der Waals surface area contributed by atoms with Crippen molar-refractivity contribution in [1.82, 2.24) is 0 Å². The Kier molecular flexibility index (Phi) is 9.17. The Hall–Kier alpha value is -0.0500. The van der Waals surface area contributed by atoms with Gasteiger partial charge in [0.15, 0.2) is 0 Å². The molecule has 0 rings (SSSR count). The van der Waals surface area contributed by atoms with Crippen LogP contribution in [0.1, 0.15) is 53.4 Å². The summed E-state index contributed by atoms with van der Waals surface area (Å²) >= 11 is 2.31. The first-order chi connectivity index (χ1) is 7.06. The van der Waals surface area contributed by atoms with E-state index < -0.39 is 0 Å². The Bertz CT molecular complexity index is 253. The van der Waals surface area contributed by atoms with E-state index in [1.165, 1.54) is 42.4 Å². The molecule has 1 heteroatoms. The molecule has 0 saturated carbocycles. The maximum atomic E-state index is 2.38. The van der Waals surface area contributed by atoms with Crippen molar-refractivity contribution < 1.29 is 0 Å². The average molecular weight is 318 g/mol. The van der Waals surface area contributed by atoms with Crippen LogP contribution in [-0.2, 0) is 0 Å². The van der Waals surface area contributed by atoms with Crippen molar-refractivity contribution in [2.75, 3.05) is 0 Å². The summed E-state index contributed by atoms with van der Waals surface area (Å²) in [6, 6.07) is 0. The van der Waals surface area contributed by atoms with Crippen LogP contribution in [0.3, 0.4) is 0 Å². The summed E-state index contributed by atoms with van der Waals surface area (Å²) in [5.74, 6) is 0. The van der Waals surface area contributed by atoms with Crippen LogP contribution in [0.15, 0.2) is 33.0 Å². The fourth-order valence-electron chi connectivity index (χ4n) is 1.29. The number of allylic oxidation sites excluding steroid dienone is 5. The molecule has 0 aromatic heterocycles. The number of rotatable bonds is 6. The lowest BCUT2D eigenvalue weighted by molar-refractivity contribution is 0.920. The van der Waals surface area contributed by atoms with Crippen LogP contribution >= 0.6 is 22.6 Å². The van der Waals surface area contributed by atoms with Crippen LogP contribution in [0, 0.1) is 0 Å². The number of hydrogen-bond acceptors (Lipinski definition) is 0. The van der Waals surface area contributed by atoms with E-state index in [9.17, 15) is 0 Å². The second-order valence-corrected chi connectivity index (χ2v) is 4.99. The van der Waals surface area contributed by atoms with Crippen LogP contribution in [0.25, 0.3) is 0 Å². The van der Waals surface area contributed by atoms with Crippen LogP contribution in [0.5, 0.6) is 0 Å². The summed E-state index contributed by atoms with van der Waals surface area (Å²) in [4.78, 5) is 0. The third kappa shape index (κ3) is 10.2. The van der Waals surface area contributed by atoms with E-state index in [-0.39, 0.29) is 0 Å². The van der Waals surface area contributed by atoms with Crippen LogP contribution in [0.4, 0.5) is 0 Å². The molecule has 0 aromatic rings. The Labute approximate surface area is 109 Å². The zero-order chi connectivity index (χ0) is 11.7. The lowest BCUT2D eigenvalue weighted by Crippen LogP contribution is -1.79. The quantitative estimate of drug-likeness (QED) is 0.429. The maximum Gasteiger partial charge on any atom is -0.0244 e. The van der Waals surface area contributed by atoms with Gasteiger partial charge >= 0.3 is 0 Å². The van der Waals surface area contributed by atoms with Gasteiger partial charge in [-0.05, 0) is 57.5 Å². The Morgan fingerprint density at radius 1 is 0.867 bits per heavy atom. The predicted molar refractivity (Wildman–Crippen MR) is 79.4 cm³/mol. The minimum absolute atomic E-state index is 1.19. The normalized spacial score (nSPS) is 12.9. The minimum Gasteiger partial charge on any atom is -0.0856 e. The van der Waals surface area contributed by atoms with Gasteiger partial charge in [0.05, 0.1) is 0 Å². The highest BCUT2D eigenvalue weighted by Gasteiger charge is 1.90. The fourth-order valence-corrected chi connectivity index (χ4v) is 1.60. The van der Waals surface area contributed by atoms with Crippen molar-refractivity contribution in [1.29, 1.82) is 0 Å². The lowest BCUT2D eigenvalue weighted by atomic mass is 10.1. The fraction of sp³-hybridized carbons (Fsp3) is 0.571. The van der Waals surface area contributed by atoms with Crippen molar-refractivity contribution in [2.45, 2.75) is 53.4 Å². The third-order valence-corrected chi connectivity index (χ3v) is 3.37. The SMILES string of the molecule is CC(C)=CCCC(C)=CCCC(C)=CI. The molecular weight excluding hydrogens is 295 g/mol. The van der Waals surface area contributed by atoms with E-state index in [0.29, 0.717) is 0 Å². The summed E-state index contributed by atoms with van der Waals surface area (Å²) in [7, 11) is 0. The molecule has 0 amide bonds. The van der Waals surface area contributed by atoms with E-state index in [4.69, 9.17) is 0 Å². The molecule has 0 aliphatic rings. The molecule has 86 valence electrons. The highest BCUT2D eigenvalue weighted by molar-refractivity contribution is 14.1. The van der Waals surface area contributed by atoms with E-state index in [2.05, 4.69) is 66.5 Å². The van der Waals surface area contributed by atoms with Gasteiger partial charge in [-0.25, -0.2) is 0 Å². The molecule has 0 heterocycles. The van der Waals surface area contributed by atoms with Crippen molar-refractivity contribution in [3.63, 3.8) is 0 Å². The van der Waals surface area contributed by atoms with Crippen LogP contribution in [-0.4, -0.2) is 0 Å². The monoisotopic (exact) mass is 318 g/mol. The lowest BCUT2D eigenvalue weighted by Gasteiger charge is -2.00. The molecule has 0 unspecified atom stereocenters. The maximum absolute atomic E-state index is 2.38. The third-order valence-electron chi connectivity index (χ3n) is 2.31. The Morgan fingerprint density at radius 3 is 1.93 bits per heavy atom. The van der Waals surface area contributed by atoms with Gasteiger partial charge in [0.1, 0.15) is 0 Å². The van der Waals surface area contributed by atoms with Gasteiger partial charge in [0.2, 0.25) is 0 Å². The van der Waals surface area contributed by atoms with E-state index in [1.807, 2.05) is 0 Å². The average Bonchev–Trinajstić information content (AvgIpc) is 2.17. The van der Waals surface area contributed by atoms with E-state index >= 15 is 0 Å². The summed E-state index contributed by atoms with van der Waals surface area (Å²) in [5, 5.41) is 0. The minimum atomic E-state index is 1.19. The molecule has 0 spiro atoms. The number of halogens is 1. The molecule has 0 saturated heterocycles. The van der Waals surface area contributed by atoms with E-state index in [0.717, 1.165) is 0 Å². The molecule has 0 fully saturated rings. The van der Waals surface area contributed by atoms with Gasteiger partial charge in [-0.1, -0.05) is 51.5 Å². The second kappa shape index (κ2) is 9.20. The van der Waals surface area contributed by atoms with E-state index in [1.54, 1.807) is 0 Å². The first kappa shape index (κ1) is 14.9. The zero-order valence-corrected chi connectivity index (χ0v) is 12.6. The van der Waals surface area contributed by atoms with Crippen molar-refractivity contribution in [3.05, 3.63) is 33.0 Å². The molecular formula is C14H23I. The first-order valence-electron chi connectivity index (χ1n) is 5.61. The summed E-state index contributed by atoms with van der Waals surface area (Å²) in [5.41, 5.74) is 4.42. The van der Waals surface area contributed by atoms with Crippen molar-refractivity contribution in [2.24, 2.45) is 0 Å². The highest BCUT2D eigenvalue weighted by atomic mass is 127. The molecule has 0 N–H and O–H groups in total. The van der Waals surface area contributed by atoms with Gasteiger partial charge < -0.3 is 0 Å². The molecule has 0 aromatic carbocycles. The summed E-state index contributed by atoms with van der Waals surface area (Å²) in [6.07, 6.45) is 9.47. The van der Waals surface area contributed by atoms with Crippen molar-refractivity contribution >= 4 is 22.6 Å². The van der Waals surface area contributed by atoms with Gasteiger partial charge in [-0.2, -0.15) is 0 Å². The number of hydrogen-bond donors (Lipinski definition) is 0. The van der Waals surface area contributed by atoms with Crippen molar-refractivity contribution in [3.8, 4) is 0 Å². The van der Waals surface area contributed by atoms with Gasteiger partial charge in [0.25, 0.3) is 0 Å². The summed E-state index contributed by atoms with van der Waals surface area (Å²) < 4.78 is 2.17. The molecule has 15 heavy (non-hydrogen) atoms. The topological polar surface area (TPSA) is 0 Å². The highest BCUT2D eigenvalue weighted by Crippen LogP contribution is 2.12. The Morgan fingerprint density at radius 2 is 1.40 bits per heavy atom. The molecule has 0 nitrogen and oxygen atoms in total.